The predicted octanol–water partition coefficient (Wildman–Crippen LogP) is 2.77. The molecule has 27 heavy (non-hydrogen) atoms. The van der Waals surface area contributed by atoms with Crippen LogP contribution in [0.3, 0.4) is 0 Å². The number of carbonyl (C=O) groups excluding carboxylic acids is 1. The van der Waals surface area contributed by atoms with Gasteiger partial charge in [-0.15, -0.1) is 0 Å². The van der Waals surface area contributed by atoms with Crippen molar-refractivity contribution in [2.24, 2.45) is 0 Å². The Hall–Kier alpha value is -2.64. The maximum Gasteiger partial charge on any atom is 0.246 e. The van der Waals surface area contributed by atoms with Crippen LogP contribution in [0.2, 0.25) is 5.02 Å². The molecule has 1 aromatic carbocycles. The molecule has 0 saturated carbocycles. The number of amides is 1. The Labute approximate surface area is 164 Å². The van der Waals surface area contributed by atoms with Crippen molar-refractivity contribution in [1.82, 2.24) is 14.9 Å². The minimum absolute atomic E-state index is 0.00799. The predicted molar refractivity (Wildman–Crippen MR) is 108 cm³/mol. The van der Waals surface area contributed by atoms with Crippen LogP contribution in [0.5, 0.6) is 0 Å². The van der Waals surface area contributed by atoms with Gasteiger partial charge in [-0.25, -0.2) is 9.97 Å². The molecule has 144 valence electrons. The quantitative estimate of drug-likeness (QED) is 0.764. The summed E-state index contributed by atoms with van der Waals surface area (Å²) in [6.07, 6.45) is 2.92. The van der Waals surface area contributed by atoms with Gasteiger partial charge in [0.25, 0.3) is 0 Å². The molecule has 0 radical (unpaired) electrons. The molecule has 0 spiro atoms. The fourth-order valence-electron chi connectivity index (χ4n) is 2.53. The zero-order valence-electron chi connectivity index (χ0n) is 15.5. The monoisotopic (exact) mass is 389 g/mol. The third-order valence-corrected chi connectivity index (χ3v) is 4.10. The molecule has 1 saturated heterocycles. The highest BCUT2D eigenvalue weighted by atomic mass is 35.5. The minimum Gasteiger partial charge on any atom is -0.381 e. The van der Waals surface area contributed by atoms with Crippen molar-refractivity contribution in [2.75, 3.05) is 31.2 Å². The Balaban J connectivity index is 0.000000199. The van der Waals surface area contributed by atoms with Gasteiger partial charge < -0.3 is 21.1 Å². The minimum atomic E-state index is -0.211. The summed E-state index contributed by atoms with van der Waals surface area (Å²) in [4.78, 5) is 21.0. The Bertz CT molecular complexity index is 825. The summed E-state index contributed by atoms with van der Waals surface area (Å²) >= 11 is 5.86. The number of carbonyl (C=O) groups is 1. The zero-order valence-corrected chi connectivity index (χ0v) is 16.2. The number of hydrogen-bond acceptors (Lipinski definition) is 6. The van der Waals surface area contributed by atoms with Crippen molar-refractivity contribution in [2.45, 2.75) is 19.4 Å². The molecule has 4 N–H and O–H groups in total. The molecule has 7 nitrogen and oxygen atoms in total. The van der Waals surface area contributed by atoms with E-state index in [0.717, 1.165) is 5.56 Å². The lowest BCUT2D eigenvalue weighted by Gasteiger charge is -2.37. The molecule has 1 aromatic heterocycles. The standard InChI is InChI=1S/C10H9ClN4.C9H15NO2/c11-7-3-1-2-6(4-7)8-5-14-9(12)10(13)15-8;1-4-8(11)10-5-6-12-9(2,3)7-10/h1-5H,(H2,12,14)(H2,13,15);4H,1,5-7H2,2-3H3. The molecule has 0 aliphatic carbocycles. The summed E-state index contributed by atoms with van der Waals surface area (Å²) in [6, 6.07) is 7.30. The van der Waals surface area contributed by atoms with Gasteiger partial charge in [-0.3, -0.25) is 4.79 Å². The summed E-state index contributed by atoms with van der Waals surface area (Å²) < 4.78 is 5.46. The van der Waals surface area contributed by atoms with E-state index in [0.29, 0.717) is 30.4 Å². The van der Waals surface area contributed by atoms with Crippen molar-refractivity contribution in [3.05, 3.63) is 48.1 Å². The third-order valence-electron chi connectivity index (χ3n) is 3.86. The Morgan fingerprint density at radius 3 is 2.70 bits per heavy atom. The number of morpholine rings is 1. The maximum atomic E-state index is 11.2. The van der Waals surface area contributed by atoms with E-state index in [2.05, 4.69) is 16.5 Å². The Kier molecular flexibility index (Phi) is 6.76. The molecular weight excluding hydrogens is 366 g/mol. The lowest BCUT2D eigenvalue weighted by molar-refractivity contribution is -0.140. The van der Waals surface area contributed by atoms with Crippen LogP contribution in [-0.4, -0.2) is 46.1 Å². The molecule has 2 heterocycles. The van der Waals surface area contributed by atoms with E-state index in [4.69, 9.17) is 27.8 Å². The number of nitrogens with two attached hydrogens (primary N) is 2. The van der Waals surface area contributed by atoms with Crippen molar-refractivity contribution >= 4 is 29.1 Å². The van der Waals surface area contributed by atoms with Crippen LogP contribution in [0, 0.1) is 0 Å². The topological polar surface area (TPSA) is 107 Å². The van der Waals surface area contributed by atoms with E-state index >= 15 is 0 Å². The first kappa shape index (κ1) is 20.7. The summed E-state index contributed by atoms with van der Waals surface area (Å²) in [5, 5.41) is 0.643. The number of ether oxygens (including phenoxy) is 1. The molecular formula is C19H24ClN5O2. The molecule has 1 aliphatic heterocycles. The molecule has 1 amide bonds. The fraction of sp³-hybridized carbons (Fsp3) is 0.316. The molecule has 0 unspecified atom stereocenters. The molecule has 0 atom stereocenters. The summed E-state index contributed by atoms with van der Waals surface area (Å²) in [5.74, 6) is 0.458. The fourth-order valence-corrected chi connectivity index (χ4v) is 2.72. The molecule has 1 aliphatic rings. The highest BCUT2D eigenvalue weighted by molar-refractivity contribution is 6.30. The van der Waals surface area contributed by atoms with Crippen LogP contribution in [0.15, 0.2) is 43.1 Å². The smallest absolute Gasteiger partial charge is 0.246 e. The van der Waals surface area contributed by atoms with Gasteiger partial charge in [-0.2, -0.15) is 0 Å². The first-order valence-corrected chi connectivity index (χ1v) is 8.79. The number of nitrogen functional groups attached to an aromatic ring is 2. The molecule has 1 fully saturated rings. The van der Waals surface area contributed by atoms with Crippen LogP contribution < -0.4 is 11.5 Å². The molecule has 0 bridgehead atoms. The van der Waals surface area contributed by atoms with Crippen molar-refractivity contribution in [3.8, 4) is 11.3 Å². The first-order valence-electron chi connectivity index (χ1n) is 8.41. The van der Waals surface area contributed by atoms with E-state index in [1.54, 1.807) is 23.2 Å². The van der Waals surface area contributed by atoms with E-state index in [9.17, 15) is 4.79 Å². The number of aromatic nitrogens is 2. The number of benzene rings is 1. The lowest BCUT2D eigenvalue weighted by Crippen LogP contribution is -2.50. The number of halogens is 1. The summed E-state index contributed by atoms with van der Waals surface area (Å²) in [5.41, 5.74) is 12.3. The molecule has 3 rings (SSSR count). The van der Waals surface area contributed by atoms with Gasteiger partial charge in [-0.05, 0) is 32.1 Å². The molecule has 8 heteroatoms. The van der Waals surface area contributed by atoms with Crippen molar-refractivity contribution in [3.63, 3.8) is 0 Å². The number of anilines is 2. The van der Waals surface area contributed by atoms with Gasteiger partial charge in [0.2, 0.25) is 5.91 Å². The van der Waals surface area contributed by atoms with Gasteiger partial charge in [0.15, 0.2) is 11.6 Å². The van der Waals surface area contributed by atoms with Crippen molar-refractivity contribution < 1.29 is 9.53 Å². The first-order chi connectivity index (χ1) is 12.7. The van der Waals surface area contributed by atoms with Crippen LogP contribution >= 0.6 is 11.6 Å². The largest absolute Gasteiger partial charge is 0.381 e. The summed E-state index contributed by atoms with van der Waals surface area (Å²) in [7, 11) is 0. The number of rotatable bonds is 2. The van der Waals surface area contributed by atoms with Crippen LogP contribution in [0.1, 0.15) is 13.8 Å². The normalized spacial score (nSPS) is 15.4. The van der Waals surface area contributed by atoms with E-state index in [1.807, 2.05) is 26.0 Å². The summed E-state index contributed by atoms with van der Waals surface area (Å²) in [6.45, 7) is 9.36. The van der Waals surface area contributed by atoms with Gasteiger partial charge in [0, 0.05) is 23.7 Å². The average Bonchev–Trinajstić information content (AvgIpc) is 2.63. The Morgan fingerprint density at radius 1 is 1.37 bits per heavy atom. The zero-order chi connectivity index (χ0) is 20.0. The molecule has 2 aromatic rings. The van der Waals surface area contributed by atoms with Gasteiger partial charge in [-0.1, -0.05) is 30.3 Å². The van der Waals surface area contributed by atoms with Gasteiger partial charge >= 0.3 is 0 Å². The lowest BCUT2D eigenvalue weighted by atomic mass is 10.1. The van der Waals surface area contributed by atoms with Gasteiger partial charge in [0.05, 0.1) is 24.1 Å². The second kappa shape index (κ2) is 8.83. The number of hydrogen-bond donors (Lipinski definition) is 2. The highest BCUT2D eigenvalue weighted by Crippen LogP contribution is 2.22. The van der Waals surface area contributed by atoms with E-state index in [1.165, 1.54) is 6.08 Å². The van der Waals surface area contributed by atoms with E-state index < -0.39 is 0 Å². The Morgan fingerprint density at radius 2 is 2.11 bits per heavy atom. The van der Waals surface area contributed by atoms with E-state index in [-0.39, 0.29) is 23.1 Å². The maximum absolute atomic E-state index is 11.2. The third kappa shape index (κ3) is 5.94. The van der Waals surface area contributed by atoms with Gasteiger partial charge in [0.1, 0.15) is 0 Å². The average molecular weight is 390 g/mol. The van der Waals surface area contributed by atoms with Crippen LogP contribution in [-0.2, 0) is 9.53 Å². The number of nitrogens with zero attached hydrogens (tertiary/aromatic N) is 3. The van der Waals surface area contributed by atoms with Crippen molar-refractivity contribution in [1.29, 1.82) is 0 Å². The van der Waals surface area contributed by atoms with Crippen LogP contribution in [0.25, 0.3) is 11.3 Å². The second-order valence-corrected chi connectivity index (χ2v) is 7.04. The highest BCUT2D eigenvalue weighted by Gasteiger charge is 2.28. The second-order valence-electron chi connectivity index (χ2n) is 6.61. The van der Waals surface area contributed by atoms with Crippen LogP contribution in [0.4, 0.5) is 11.6 Å². The SMILES string of the molecule is C=CC(=O)N1CCOC(C)(C)C1.Nc1ncc(-c2cccc(Cl)c2)nc1N.